The van der Waals surface area contributed by atoms with Crippen molar-refractivity contribution >= 4 is 17.3 Å². The van der Waals surface area contributed by atoms with Crippen molar-refractivity contribution in [1.82, 2.24) is 0 Å². The molecule has 1 amide bonds. The average molecular weight is 276 g/mol. The highest BCUT2D eigenvalue weighted by Crippen LogP contribution is 2.38. The standard InChI is InChI=1S/C15H20N2O3/c1-9-2-4-10(5-3-9)20-13-7-12-14(6-11(13)16)19-8-15(18)17-12/h6-7,9-10H,2-5,8,16H2,1H3,(H,17,18). The van der Waals surface area contributed by atoms with Gasteiger partial charge >= 0.3 is 0 Å². The lowest BCUT2D eigenvalue weighted by Crippen LogP contribution is -2.26. The predicted molar refractivity (Wildman–Crippen MR) is 77.0 cm³/mol. The Morgan fingerprint density at radius 1 is 1.30 bits per heavy atom. The highest BCUT2D eigenvalue weighted by Gasteiger charge is 2.23. The second-order valence-corrected chi connectivity index (χ2v) is 5.72. The Labute approximate surface area is 118 Å². The lowest BCUT2D eigenvalue weighted by Gasteiger charge is -2.28. The van der Waals surface area contributed by atoms with Crippen LogP contribution in [0.3, 0.4) is 0 Å². The Morgan fingerprint density at radius 2 is 2.05 bits per heavy atom. The molecule has 5 nitrogen and oxygen atoms in total. The minimum Gasteiger partial charge on any atom is -0.488 e. The number of nitrogens with one attached hydrogen (secondary N) is 1. The molecule has 2 aliphatic rings. The van der Waals surface area contributed by atoms with Gasteiger partial charge in [-0.3, -0.25) is 4.79 Å². The lowest BCUT2D eigenvalue weighted by molar-refractivity contribution is -0.118. The van der Waals surface area contributed by atoms with Gasteiger partial charge in [-0.1, -0.05) is 6.92 Å². The van der Waals surface area contributed by atoms with Crippen LogP contribution in [-0.2, 0) is 4.79 Å². The van der Waals surface area contributed by atoms with E-state index < -0.39 is 0 Å². The Kier molecular flexibility index (Phi) is 3.42. The fourth-order valence-corrected chi connectivity index (χ4v) is 2.75. The van der Waals surface area contributed by atoms with Crippen molar-refractivity contribution in [2.75, 3.05) is 17.7 Å². The van der Waals surface area contributed by atoms with Crippen LogP contribution in [-0.4, -0.2) is 18.6 Å². The first-order valence-corrected chi connectivity index (χ1v) is 7.14. The summed E-state index contributed by atoms with van der Waals surface area (Å²) in [5.41, 5.74) is 7.19. The molecule has 1 heterocycles. The maximum Gasteiger partial charge on any atom is 0.262 e. The summed E-state index contributed by atoms with van der Waals surface area (Å²) in [5, 5.41) is 2.77. The third-order valence-corrected chi connectivity index (χ3v) is 4.00. The van der Waals surface area contributed by atoms with E-state index in [1.165, 1.54) is 12.8 Å². The number of benzene rings is 1. The van der Waals surface area contributed by atoms with Gasteiger partial charge in [0.2, 0.25) is 0 Å². The van der Waals surface area contributed by atoms with Crippen LogP contribution in [0.2, 0.25) is 0 Å². The van der Waals surface area contributed by atoms with Gasteiger partial charge in [0, 0.05) is 12.1 Å². The zero-order chi connectivity index (χ0) is 14.1. The zero-order valence-corrected chi connectivity index (χ0v) is 11.6. The number of anilines is 2. The number of rotatable bonds is 2. The molecule has 0 radical (unpaired) electrons. The van der Waals surface area contributed by atoms with Gasteiger partial charge in [-0.25, -0.2) is 0 Å². The van der Waals surface area contributed by atoms with Gasteiger partial charge in [0.15, 0.2) is 6.61 Å². The van der Waals surface area contributed by atoms with Gasteiger partial charge in [0.25, 0.3) is 5.91 Å². The van der Waals surface area contributed by atoms with Crippen molar-refractivity contribution < 1.29 is 14.3 Å². The molecule has 1 aliphatic heterocycles. The Balaban J connectivity index is 1.76. The number of nitrogens with two attached hydrogens (primary N) is 1. The van der Waals surface area contributed by atoms with Crippen molar-refractivity contribution in [2.45, 2.75) is 38.7 Å². The molecule has 3 rings (SSSR count). The van der Waals surface area contributed by atoms with Crippen LogP contribution in [0.4, 0.5) is 11.4 Å². The van der Waals surface area contributed by atoms with Gasteiger partial charge in [-0.05, 0) is 31.6 Å². The number of nitrogen functional groups attached to an aromatic ring is 1. The molecule has 1 aromatic carbocycles. The van der Waals surface area contributed by atoms with E-state index in [0.29, 0.717) is 22.9 Å². The molecule has 20 heavy (non-hydrogen) atoms. The fourth-order valence-electron chi connectivity index (χ4n) is 2.75. The third kappa shape index (κ3) is 2.66. The van der Waals surface area contributed by atoms with E-state index in [9.17, 15) is 4.79 Å². The normalized spacial score (nSPS) is 25.4. The lowest BCUT2D eigenvalue weighted by atomic mass is 9.89. The SMILES string of the molecule is CC1CCC(Oc2cc3c(cc2N)OCC(=O)N3)CC1. The van der Waals surface area contributed by atoms with E-state index in [2.05, 4.69) is 12.2 Å². The zero-order valence-electron chi connectivity index (χ0n) is 11.6. The second-order valence-electron chi connectivity index (χ2n) is 5.72. The van der Waals surface area contributed by atoms with Gasteiger partial charge < -0.3 is 20.5 Å². The highest BCUT2D eigenvalue weighted by atomic mass is 16.5. The molecule has 3 N–H and O–H groups in total. The van der Waals surface area contributed by atoms with Gasteiger partial charge in [-0.15, -0.1) is 0 Å². The Hall–Kier alpha value is -1.91. The van der Waals surface area contributed by atoms with Crippen molar-refractivity contribution in [2.24, 2.45) is 5.92 Å². The van der Waals surface area contributed by atoms with Gasteiger partial charge in [-0.2, -0.15) is 0 Å². The molecule has 0 unspecified atom stereocenters. The van der Waals surface area contributed by atoms with E-state index in [1.807, 2.05) is 0 Å². The molecule has 0 aromatic heterocycles. The summed E-state index contributed by atoms with van der Waals surface area (Å²) >= 11 is 0. The first-order valence-electron chi connectivity index (χ1n) is 7.14. The van der Waals surface area contributed by atoms with Crippen molar-refractivity contribution in [1.29, 1.82) is 0 Å². The molecule has 0 spiro atoms. The Morgan fingerprint density at radius 3 is 2.80 bits per heavy atom. The molecule has 1 fully saturated rings. The number of fused-ring (bicyclic) bond motifs is 1. The molecule has 0 saturated heterocycles. The van der Waals surface area contributed by atoms with Crippen molar-refractivity contribution in [3.63, 3.8) is 0 Å². The minimum absolute atomic E-state index is 0.0349. The number of hydrogen-bond donors (Lipinski definition) is 2. The average Bonchev–Trinajstić information content (AvgIpc) is 2.42. The van der Waals surface area contributed by atoms with Crippen LogP contribution < -0.4 is 20.5 Å². The molecule has 0 atom stereocenters. The summed E-state index contributed by atoms with van der Waals surface area (Å²) < 4.78 is 11.3. The quantitative estimate of drug-likeness (QED) is 0.814. The van der Waals surface area contributed by atoms with Crippen molar-refractivity contribution in [3.05, 3.63) is 12.1 Å². The fraction of sp³-hybridized carbons (Fsp3) is 0.533. The summed E-state index contributed by atoms with van der Waals surface area (Å²) in [7, 11) is 0. The molecule has 1 aromatic rings. The summed E-state index contributed by atoms with van der Waals surface area (Å²) in [6.07, 6.45) is 4.71. The van der Waals surface area contributed by atoms with Crippen LogP contribution >= 0.6 is 0 Å². The summed E-state index contributed by atoms with van der Waals surface area (Å²) in [4.78, 5) is 11.3. The number of carbonyl (C=O) groups is 1. The van der Waals surface area contributed by atoms with E-state index in [4.69, 9.17) is 15.2 Å². The molecule has 108 valence electrons. The van der Waals surface area contributed by atoms with Crippen LogP contribution in [0.25, 0.3) is 0 Å². The van der Waals surface area contributed by atoms with Crippen LogP contribution in [0.1, 0.15) is 32.6 Å². The maximum atomic E-state index is 11.3. The number of ether oxygens (including phenoxy) is 2. The highest BCUT2D eigenvalue weighted by molar-refractivity contribution is 5.96. The van der Waals surface area contributed by atoms with E-state index in [1.54, 1.807) is 12.1 Å². The second kappa shape index (κ2) is 5.23. The van der Waals surface area contributed by atoms with Gasteiger partial charge in [0.05, 0.1) is 17.5 Å². The first-order chi connectivity index (χ1) is 9.61. The summed E-state index contributed by atoms with van der Waals surface area (Å²) in [5.74, 6) is 1.86. The molecule has 0 bridgehead atoms. The third-order valence-electron chi connectivity index (χ3n) is 4.00. The van der Waals surface area contributed by atoms with Crippen LogP contribution in [0, 0.1) is 5.92 Å². The molecular formula is C15H20N2O3. The van der Waals surface area contributed by atoms with Gasteiger partial charge in [0.1, 0.15) is 11.5 Å². The number of amides is 1. The smallest absolute Gasteiger partial charge is 0.262 e. The summed E-state index contributed by atoms with van der Waals surface area (Å²) in [6.45, 7) is 2.31. The van der Waals surface area contributed by atoms with Crippen LogP contribution in [0.5, 0.6) is 11.5 Å². The van der Waals surface area contributed by atoms with Crippen molar-refractivity contribution in [3.8, 4) is 11.5 Å². The van der Waals surface area contributed by atoms with E-state index in [-0.39, 0.29) is 18.6 Å². The molecule has 1 saturated carbocycles. The number of carbonyl (C=O) groups excluding carboxylic acids is 1. The first kappa shape index (κ1) is 13.1. The largest absolute Gasteiger partial charge is 0.488 e. The number of hydrogen-bond acceptors (Lipinski definition) is 4. The van der Waals surface area contributed by atoms with Crippen LogP contribution in [0.15, 0.2) is 12.1 Å². The molecule has 1 aliphatic carbocycles. The van der Waals surface area contributed by atoms with E-state index in [0.717, 1.165) is 18.8 Å². The Bertz CT molecular complexity index is 522. The maximum absolute atomic E-state index is 11.3. The predicted octanol–water partition coefficient (Wildman–Crippen LogP) is 2.56. The molecular weight excluding hydrogens is 256 g/mol. The molecule has 5 heteroatoms. The minimum atomic E-state index is -0.153. The van der Waals surface area contributed by atoms with E-state index >= 15 is 0 Å². The topological polar surface area (TPSA) is 73.6 Å². The summed E-state index contributed by atoms with van der Waals surface area (Å²) in [6, 6.07) is 3.48. The monoisotopic (exact) mass is 276 g/mol.